The lowest BCUT2D eigenvalue weighted by atomic mass is 10.1. The highest BCUT2D eigenvalue weighted by Gasteiger charge is 2.20. The van der Waals surface area contributed by atoms with Crippen molar-refractivity contribution in [2.45, 2.75) is 65.5 Å². The van der Waals surface area contributed by atoms with Gasteiger partial charge in [0.25, 0.3) is 0 Å². The first kappa shape index (κ1) is 14.9. The van der Waals surface area contributed by atoms with E-state index < -0.39 is 17.7 Å². The molecule has 0 saturated heterocycles. The third kappa shape index (κ3) is 7.26. The molecule has 0 aromatic heterocycles. The van der Waals surface area contributed by atoms with Gasteiger partial charge < -0.3 is 10.1 Å². The van der Waals surface area contributed by atoms with Crippen LogP contribution in [0.25, 0.3) is 0 Å². The number of unbranched alkanes of at least 4 members (excludes halogenated alkanes) is 1. The Morgan fingerprint density at radius 3 is 2.31 bits per heavy atom. The van der Waals surface area contributed by atoms with Gasteiger partial charge in [0.1, 0.15) is 5.60 Å². The highest BCUT2D eigenvalue weighted by molar-refractivity contribution is 5.86. The predicted molar refractivity (Wildman–Crippen MR) is 63.4 cm³/mol. The quantitative estimate of drug-likeness (QED) is 0.788. The monoisotopic (exact) mass is 229 g/mol. The lowest BCUT2D eigenvalue weighted by molar-refractivity contribution is -0.120. The molecule has 0 rings (SSSR count). The van der Waals surface area contributed by atoms with Crippen LogP contribution in [-0.4, -0.2) is 23.5 Å². The molecule has 0 heterocycles. The Hall–Kier alpha value is -1.06. The Labute approximate surface area is 97.7 Å². The second kappa shape index (κ2) is 6.51. The molecule has 0 aromatic rings. The van der Waals surface area contributed by atoms with Crippen molar-refractivity contribution < 1.29 is 14.3 Å². The Kier molecular flexibility index (Phi) is 6.08. The number of rotatable bonds is 5. The Morgan fingerprint density at radius 2 is 1.88 bits per heavy atom. The molecule has 1 atom stereocenters. The minimum Gasteiger partial charge on any atom is -0.444 e. The van der Waals surface area contributed by atoms with Gasteiger partial charge >= 0.3 is 6.09 Å². The summed E-state index contributed by atoms with van der Waals surface area (Å²) in [5.74, 6) is 0.0488. The molecular weight excluding hydrogens is 206 g/mol. The van der Waals surface area contributed by atoms with Crippen LogP contribution in [-0.2, 0) is 9.53 Å². The van der Waals surface area contributed by atoms with E-state index in [1.807, 2.05) is 6.92 Å². The molecule has 1 amide bonds. The molecule has 0 fully saturated rings. The van der Waals surface area contributed by atoms with Gasteiger partial charge in [-0.15, -0.1) is 0 Å². The summed E-state index contributed by atoms with van der Waals surface area (Å²) in [7, 11) is 0. The van der Waals surface area contributed by atoms with E-state index >= 15 is 0 Å². The molecule has 4 heteroatoms. The summed E-state index contributed by atoms with van der Waals surface area (Å²) in [4.78, 5) is 22.9. The van der Waals surface area contributed by atoms with Crippen LogP contribution in [0.15, 0.2) is 0 Å². The summed E-state index contributed by atoms with van der Waals surface area (Å²) in [5.41, 5.74) is -0.531. The zero-order chi connectivity index (χ0) is 12.8. The van der Waals surface area contributed by atoms with Gasteiger partial charge in [0.05, 0.1) is 6.04 Å². The van der Waals surface area contributed by atoms with Crippen LogP contribution in [0.4, 0.5) is 4.79 Å². The summed E-state index contributed by atoms with van der Waals surface area (Å²) < 4.78 is 5.06. The van der Waals surface area contributed by atoms with Crippen LogP contribution in [0, 0.1) is 0 Å². The van der Waals surface area contributed by atoms with Crippen LogP contribution < -0.4 is 5.32 Å². The fourth-order valence-electron chi connectivity index (χ4n) is 1.13. The normalized spacial score (nSPS) is 13.1. The van der Waals surface area contributed by atoms with E-state index in [1.165, 1.54) is 0 Å². The average Bonchev–Trinajstić information content (AvgIpc) is 2.10. The molecule has 0 saturated carbocycles. The third-order valence-electron chi connectivity index (χ3n) is 1.99. The standard InChI is InChI=1S/C12H23NO3/c1-6-7-8-10(14)9(2)13-11(15)16-12(3,4)5/h9H,6-8H2,1-5H3,(H,13,15)/t9-/m0/s1. The fourth-order valence-corrected chi connectivity index (χ4v) is 1.13. The topological polar surface area (TPSA) is 55.4 Å². The average molecular weight is 229 g/mol. The first-order valence-electron chi connectivity index (χ1n) is 5.78. The van der Waals surface area contributed by atoms with Gasteiger partial charge in [-0.3, -0.25) is 4.79 Å². The maximum absolute atomic E-state index is 11.5. The Balaban J connectivity index is 3.99. The zero-order valence-electron chi connectivity index (χ0n) is 10.9. The van der Waals surface area contributed by atoms with Gasteiger partial charge in [-0.05, 0) is 34.1 Å². The molecule has 0 radical (unpaired) electrons. The van der Waals surface area contributed by atoms with E-state index in [1.54, 1.807) is 27.7 Å². The molecule has 16 heavy (non-hydrogen) atoms. The van der Waals surface area contributed by atoms with E-state index in [4.69, 9.17) is 4.74 Å². The fraction of sp³-hybridized carbons (Fsp3) is 0.833. The summed E-state index contributed by atoms with van der Waals surface area (Å²) in [5, 5.41) is 2.53. The minimum atomic E-state index is -0.537. The van der Waals surface area contributed by atoms with Gasteiger partial charge in [-0.1, -0.05) is 13.3 Å². The maximum Gasteiger partial charge on any atom is 0.408 e. The number of carbonyl (C=O) groups excluding carboxylic acids is 2. The SMILES string of the molecule is CCCCC(=O)[C@H](C)NC(=O)OC(C)(C)C. The van der Waals surface area contributed by atoms with Crippen molar-refractivity contribution in [3.8, 4) is 0 Å². The van der Waals surface area contributed by atoms with Gasteiger partial charge in [0.15, 0.2) is 5.78 Å². The maximum atomic E-state index is 11.5. The second-order valence-electron chi connectivity index (χ2n) is 4.94. The van der Waals surface area contributed by atoms with Crippen molar-refractivity contribution in [1.82, 2.24) is 5.32 Å². The zero-order valence-corrected chi connectivity index (χ0v) is 10.9. The highest BCUT2D eigenvalue weighted by atomic mass is 16.6. The molecule has 0 bridgehead atoms. The predicted octanol–water partition coefficient (Wildman–Crippen LogP) is 2.66. The molecule has 0 aromatic carbocycles. The number of carbonyl (C=O) groups is 2. The lowest BCUT2D eigenvalue weighted by Crippen LogP contribution is -2.41. The second-order valence-corrected chi connectivity index (χ2v) is 4.94. The van der Waals surface area contributed by atoms with Crippen molar-refractivity contribution >= 4 is 11.9 Å². The molecule has 0 unspecified atom stereocenters. The number of alkyl carbamates (subject to hydrolysis) is 1. The van der Waals surface area contributed by atoms with Crippen LogP contribution in [0.3, 0.4) is 0 Å². The van der Waals surface area contributed by atoms with Crippen molar-refractivity contribution in [1.29, 1.82) is 0 Å². The molecule has 0 aliphatic rings. The summed E-state index contributed by atoms with van der Waals surface area (Å²) in [6.45, 7) is 9.07. The first-order chi connectivity index (χ1) is 7.26. The van der Waals surface area contributed by atoms with E-state index in [0.29, 0.717) is 6.42 Å². The summed E-state index contributed by atoms with van der Waals surface area (Å²) >= 11 is 0. The summed E-state index contributed by atoms with van der Waals surface area (Å²) in [6.07, 6.45) is 1.81. The number of ether oxygens (including phenoxy) is 1. The Bertz CT molecular complexity index is 243. The third-order valence-corrected chi connectivity index (χ3v) is 1.99. The van der Waals surface area contributed by atoms with E-state index in [2.05, 4.69) is 5.32 Å². The van der Waals surface area contributed by atoms with Gasteiger partial charge in [-0.25, -0.2) is 4.79 Å². The van der Waals surface area contributed by atoms with Crippen LogP contribution in [0.2, 0.25) is 0 Å². The van der Waals surface area contributed by atoms with E-state index in [9.17, 15) is 9.59 Å². The number of amides is 1. The van der Waals surface area contributed by atoms with Gasteiger partial charge in [0.2, 0.25) is 0 Å². The molecule has 0 aliphatic carbocycles. The number of hydrogen-bond acceptors (Lipinski definition) is 3. The van der Waals surface area contributed by atoms with Crippen molar-refractivity contribution in [2.24, 2.45) is 0 Å². The van der Waals surface area contributed by atoms with E-state index in [-0.39, 0.29) is 5.78 Å². The van der Waals surface area contributed by atoms with Crippen LogP contribution >= 0.6 is 0 Å². The van der Waals surface area contributed by atoms with Gasteiger partial charge in [-0.2, -0.15) is 0 Å². The minimum absolute atomic E-state index is 0.0488. The molecule has 0 aliphatic heterocycles. The lowest BCUT2D eigenvalue weighted by Gasteiger charge is -2.21. The molecule has 4 nitrogen and oxygen atoms in total. The van der Waals surface area contributed by atoms with E-state index in [0.717, 1.165) is 12.8 Å². The largest absolute Gasteiger partial charge is 0.444 e. The molecule has 0 spiro atoms. The van der Waals surface area contributed by atoms with Crippen molar-refractivity contribution in [3.63, 3.8) is 0 Å². The van der Waals surface area contributed by atoms with Crippen LogP contribution in [0.5, 0.6) is 0 Å². The smallest absolute Gasteiger partial charge is 0.408 e. The van der Waals surface area contributed by atoms with Crippen LogP contribution in [0.1, 0.15) is 53.9 Å². The highest BCUT2D eigenvalue weighted by Crippen LogP contribution is 2.07. The van der Waals surface area contributed by atoms with Crippen molar-refractivity contribution in [2.75, 3.05) is 0 Å². The summed E-state index contributed by atoms with van der Waals surface area (Å²) in [6, 6.07) is -0.471. The van der Waals surface area contributed by atoms with Gasteiger partial charge in [0, 0.05) is 6.42 Å². The first-order valence-corrected chi connectivity index (χ1v) is 5.78. The Morgan fingerprint density at radius 1 is 1.31 bits per heavy atom. The van der Waals surface area contributed by atoms with Crippen molar-refractivity contribution in [3.05, 3.63) is 0 Å². The number of nitrogens with one attached hydrogen (secondary N) is 1. The molecule has 1 N–H and O–H groups in total. The number of Topliss-reactive ketones (excluding diaryl/α,β-unsaturated/α-hetero) is 1. The molecular formula is C12H23NO3. The molecule has 94 valence electrons. The number of hydrogen-bond donors (Lipinski definition) is 1. The number of ketones is 1.